The minimum atomic E-state index is -0.0246. The molecule has 19 heavy (non-hydrogen) atoms. The molecule has 0 spiro atoms. The Labute approximate surface area is 112 Å². The molecule has 100 valence electrons. The van der Waals surface area contributed by atoms with Crippen LogP contribution in [0.25, 0.3) is 0 Å². The second-order valence-electron chi connectivity index (χ2n) is 4.20. The van der Waals surface area contributed by atoms with Crippen LogP contribution in [0.5, 0.6) is 5.75 Å². The molecule has 0 aliphatic rings. The lowest BCUT2D eigenvalue weighted by Gasteiger charge is -2.05. The number of furan rings is 1. The Kier molecular flexibility index (Phi) is 4.61. The fourth-order valence-electron chi connectivity index (χ4n) is 1.77. The smallest absolute Gasteiger partial charge is 0.227 e. The lowest BCUT2D eigenvalue weighted by Crippen LogP contribution is -2.27. The minimum Gasteiger partial charge on any atom is -0.497 e. The Morgan fingerprint density at radius 1 is 1.26 bits per heavy atom. The fraction of sp³-hybridized carbons (Fsp3) is 0.267. The van der Waals surface area contributed by atoms with Crippen LogP contribution in [0.15, 0.2) is 47.1 Å². The van der Waals surface area contributed by atoms with Gasteiger partial charge in [0.15, 0.2) is 0 Å². The van der Waals surface area contributed by atoms with E-state index >= 15 is 0 Å². The summed E-state index contributed by atoms with van der Waals surface area (Å²) in [6.45, 7) is 0.617. The zero-order chi connectivity index (χ0) is 13.5. The van der Waals surface area contributed by atoms with Crippen molar-refractivity contribution < 1.29 is 13.9 Å². The number of amides is 1. The van der Waals surface area contributed by atoms with Gasteiger partial charge in [-0.25, -0.2) is 0 Å². The number of hydrogen-bond acceptors (Lipinski definition) is 3. The Hall–Kier alpha value is -2.23. The third kappa shape index (κ3) is 4.17. The van der Waals surface area contributed by atoms with Crippen LogP contribution in [-0.2, 0) is 17.6 Å². The predicted octanol–water partition coefficient (Wildman–Crippen LogP) is 2.19. The van der Waals surface area contributed by atoms with Crippen LogP contribution in [0, 0.1) is 0 Å². The SMILES string of the molecule is COc1ccc(CCNC(=O)Cc2ccco2)cc1. The van der Waals surface area contributed by atoms with Gasteiger partial charge in [-0.05, 0) is 36.2 Å². The highest BCUT2D eigenvalue weighted by Gasteiger charge is 2.04. The molecule has 1 N–H and O–H groups in total. The van der Waals surface area contributed by atoms with Crippen LogP contribution >= 0.6 is 0 Å². The van der Waals surface area contributed by atoms with Crippen LogP contribution in [0.4, 0.5) is 0 Å². The van der Waals surface area contributed by atoms with Crippen molar-refractivity contribution in [3.05, 3.63) is 54.0 Å². The molecule has 0 saturated carbocycles. The summed E-state index contributed by atoms with van der Waals surface area (Å²) < 4.78 is 10.2. The molecule has 0 bridgehead atoms. The Bertz CT molecular complexity index is 503. The zero-order valence-electron chi connectivity index (χ0n) is 10.9. The second-order valence-corrected chi connectivity index (χ2v) is 4.20. The van der Waals surface area contributed by atoms with E-state index in [1.54, 1.807) is 25.5 Å². The van der Waals surface area contributed by atoms with Crippen LogP contribution in [-0.4, -0.2) is 19.6 Å². The summed E-state index contributed by atoms with van der Waals surface area (Å²) >= 11 is 0. The van der Waals surface area contributed by atoms with Crippen LogP contribution < -0.4 is 10.1 Å². The number of nitrogens with one attached hydrogen (secondary N) is 1. The van der Waals surface area contributed by atoms with Gasteiger partial charge in [-0.1, -0.05) is 12.1 Å². The van der Waals surface area contributed by atoms with Gasteiger partial charge < -0.3 is 14.5 Å². The first-order valence-electron chi connectivity index (χ1n) is 6.20. The highest BCUT2D eigenvalue weighted by molar-refractivity contribution is 5.77. The largest absolute Gasteiger partial charge is 0.497 e. The molecule has 1 heterocycles. The molecule has 0 aliphatic heterocycles. The number of methoxy groups -OCH3 is 1. The Morgan fingerprint density at radius 3 is 2.68 bits per heavy atom. The molecule has 2 aromatic rings. The van der Waals surface area contributed by atoms with Crippen LogP contribution in [0.3, 0.4) is 0 Å². The van der Waals surface area contributed by atoms with Gasteiger partial charge in [0.05, 0.1) is 19.8 Å². The van der Waals surface area contributed by atoms with E-state index in [1.807, 2.05) is 24.3 Å². The first-order chi connectivity index (χ1) is 9.28. The fourth-order valence-corrected chi connectivity index (χ4v) is 1.77. The van der Waals surface area contributed by atoms with Gasteiger partial charge >= 0.3 is 0 Å². The average molecular weight is 259 g/mol. The Morgan fingerprint density at radius 2 is 2.05 bits per heavy atom. The standard InChI is InChI=1S/C15H17NO3/c1-18-13-6-4-12(5-7-13)8-9-16-15(17)11-14-3-2-10-19-14/h2-7,10H,8-9,11H2,1H3,(H,16,17). The van der Waals surface area contributed by atoms with Crippen molar-refractivity contribution >= 4 is 5.91 Å². The lowest BCUT2D eigenvalue weighted by atomic mass is 10.1. The maximum atomic E-state index is 11.6. The quantitative estimate of drug-likeness (QED) is 0.865. The average Bonchev–Trinajstić information content (AvgIpc) is 2.92. The van der Waals surface area contributed by atoms with Crippen molar-refractivity contribution in [3.63, 3.8) is 0 Å². The van der Waals surface area contributed by atoms with Crippen molar-refractivity contribution in [3.8, 4) is 5.75 Å². The molecule has 1 aromatic carbocycles. The lowest BCUT2D eigenvalue weighted by molar-refractivity contribution is -0.120. The van der Waals surface area contributed by atoms with E-state index in [9.17, 15) is 4.79 Å². The van der Waals surface area contributed by atoms with E-state index in [4.69, 9.17) is 9.15 Å². The van der Waals surface area contributed by atoms with Crippen molar-refractivity contribution in [1.29, 1.82) is 0 Å². The normalized spacial score (nSPS) is 10.2. The minimum absolute atomic E-state index is 0.0246. The predicted molar refractivity (Wildman–Crippen MR) is 72.1 cm³/mol. The second kappa shape index (κ2) is 6.64. The summed E-state index contributed by atoms with van der Waals surface area (Å²) in [6.07, 6.45) is 2.66. The van der Waals surface area contributed by atoms with Crippen molar-refractivity contribution in [2.45, 2.75) is 12.8 Å². The van der Waals surface area contributed by atoms with E-state index in [0.717, 1.165) is 12.2 Å². The van der Waals surface area contributed by atoms with E-state index in [1.165, 1.54) is 5.56 Å². The molecular weight excluding hydrogens is 242 g/mol. The number of ether oxygens (including phenoxy) is 1. The van der Waals surface area contributed by atoms with Gasteiger partial charge in [0.25, 0.3) is 0 Å². The van der Waals surface area contributed by atoms with Crippen molar-refractivity contribution in [2.24, 2.45) is 0 Å². The maximum Gasteiger partial charge on any atom is 0.227 e. The summed E-state index contributed by atoms with van der Waals surface area (Å²) in [5.74, 6) is 1.50. The van der Waals surface area contributed by atoms with E-state index in [0.29, 0.717) is 12.3 Å². The first kappa shape index (κ1) is 13.2. The summed E-state index contributed by atoms with van der Waals surface area (Å²) in [7, 11) is 1.64. The van der Waals surface area contributed by atoms with Crippen LogP contribution in [0.2, 0.25) is 0 Å². The van der Waals surface area contributed by atoms with Gasteiger partial charge in [0.2, 0.25) is 5.91 Å². The molecule has 1 aromatic heterocycles. The number of rotatable bonds is 6. The maximum absolute atomic E-state index is 11.6. The highest BCUT2D eigenvalue weighted by Crippen LogP contribution is 2.11. The van der Waals surface area contributed by atoms with Gasteiger partial charge in [-0.15, -0.1) is 0 Å². The molecule has 4 nitrogen and oxygen atoms in total. The molecule has 0 saturated heterocycles. The summed E-state index contributed by atoms with van der Waals surface area (Å²) in [5.41, 5.74) is 1.17. The summed E-state index contributed by atoms with van der Waals surface area (Å²) in [5, 5.41) is 2.87. The third-order valence-electron chi connectivity index (χ3n) is 2.81. The van der Waals surface area contributed by atoms with Crippen molar-refractivity contribution in [1.82, 2.24) is 5.32 Å². The molecule has 0 aliphatic carbocycles. The molecule has 0 unspecified atom stereocenters. The molecule has 1 amide bonds. The first-order valence-corrected chi connectivity index (χ1v) is 6.20. The van der Waals surface area contributed by atoms with E-state index in [2.05, 4.69) is 5.32 Å². The molecule has 2 rings (SSSR count). The van der Waals surface area contributed by atoms with Crippen molar-refractivity contribution in [2.75, 3.05) is 13.7 Å². The van der Waals surface area contributed by atoms with Gasteiger partial charge in [-0.2, -0.15) is 0 Å². The number of hydrogen-bond donors (Lipinski definition) is 1. The molecule has 0 fully saturated rings. The number of carbonyl (C=O) groups is 1. The van der Waals surface area contributed by atoms with E-state index < -0.39 is 0 Å². The molecule has 4 heteroatoms. The topological polar surface area (TPSA) is 51.5 Å². The zero-order valence-corrected chi connectivity index (χ0v) is 10.9. The van der Waals surface area contributed by atoms with Crippen LogP contribution in [0.1, 0.15) is 11.3 Å². The Balaban J connectivity index is 1.72. The highest BCUT2D eigenvalue weighted by atomic mass is 16.5. The molecule has 0 radical (unpaired) electrons. The third-order valence-corrected chi connectivity index (χ3v) is 2.81. The van der Waals surface area contributed by atoms with Gasteiger partial charge in [0, 0.05) is 6.54 Å². The van der Waals surface area contributed by atoms with Gasteiger partial charge in [-0.3, -0.25) is 4.79 Å². The molecular formula is C15H17NO3. The monoisotopic (exact) mass is 259 g/mol. The number of carbonyl (C=O) groups excluding carboxylic acids is 1. The summed E-state index contributed by atoms with van der Waals surface area (Å²) in [4.78, 5) is 11.6. The number of benzene rings is 1. The van der Waals surface area contributed by atoms with E-state index in [-0.39, 0.29) is 12.3 Å². The summed E-state index contributed by atoms with van der Waals surface area (Å²) in [6, 6.07) is 11.4. The van der Waals surface area contributed by atoms with Gasteiger partial charge in [0.1, 0.15) is 11.5 Å². The molecule has 0 atom stereocenters.